The molecule has 0 aliphatic carbocycles. The SMILES string of the molecule is Oc1ccc([C@H]2Oc3cc(O)cc(O)c3[C@H](O)[C@@H]2O)cc1. The van der Waals surface area contributed by atoms with Crippen LogP contribution in [0, 0.1) is 0 Å². The van der Waals surface area contributed by atoms with Gasteiger partial charge in [0.15, 0.2) is 6.10 Å². The van der Waals surface area contributed by atoms with E-state index in [9.17, 15) is 25.5 Å². The Morgan fingerprint density at radius 1 is 0.857 bits per heavy atom. The van der Waals surface area contributed by atoms with Crippen LogP contribution in [0.5, 0.6) is 23.0 Å². The number of aliphatic hydroxyl groups excluding tert-OH is 2. The van der Waals surface area contributed by atoms with E-state index < -0.39 is 18.3 Å². The molecule has 0 spiro atoms. The molecule has 5 N–H and O–H groups in total. The van der Waals surface area contributed by atoms with E-state index in [1.807, 2.05) is 0 Å². The Morgan fingerprint density at radius 3 is 2.19 bits per heavy atom. The first kappa shape index (κ1) is 13.5. The van der Waals surface area contributed by atoms with Gasteiger partial charge in [0.2, 0.25) is 0 Å². The van der Waals surface area contributed by atoms with E-state index in [1.165, 1.54) is 18.2 Å². The molecule has 110 valence electrons. The van der Waals surface area contributed by atoms with Crippen molar-refractivity contribution in [3.05, 3.63) is 47.5 Å². The molecule has 0 bridgehead atoms. The fraction of sp³-hybridized carbons (Fsp3) is 0.200. The molecule has 0 radical (unpaired) electrons. The summed E-state index contributed by atoms with van der Waals surface area (Å²) in [4.78, 5) is 0. The van der Waals surface area contributed by atoms with Crippen LogP contribution in [-0.2, 0) is 0 Å². The van der Waals surface area contributed by atoms with Crippen molar-refractivity contribution < 1.29 is 30.3 Å². The lowest BCUT2D eigenvalue weighted by atomic mass is 9.91. The summed E-state index contributed by atoms with van der Waals surface area (Å²) in [5, 5.41) is 48.9. The molecule has 6 nitrogen and oxygen atoms in total. The van der Waals surface area contributed by atoms with Crippen LogP contribution in [0.3, 0.4) is 0 Å². The van der Waals surface area contributed by atoms with E-state index in [2.05, 4.69) is 0 Å². The molecule has 0 fully saturated rings. The Kier molecular flexibility index (Phi) is 3.12. The van der Waals surface area contributed by atoms with Crippen LogP contribution >= 0.6 is 0 Å². The minimum atomic E-state index is -1.35. The number of hydrogen-bond acceptors (Lipinski definition) is 6. The summed E-state index contributed by atoms with van der Waals surface area (Å²) in [6, 6.07) is 8.32. The molecule has 0 amide bonds. The highest BCUT2D eigenvalue weighted by Gasteiger charge is 2.39. The number of benzene rings is 2. The second kappa shape index (κ2) is 4.83. The Bertz CT molecular complexity index is 667. The van der Waals surface area contributed by atoms with Crippen LogP contribution in [0.25, 0.3) is 0 Å². The van der Waals surface area contributed by atoms with E-state index in [0.717, 1.165) is 6.07 Å². The number of aromatic hydroxyl groups is 3. The maximum atomic E-state index is 10.2. The third-order valence-electron chi connectivity index (χ3n) is 3.51. The Hall–Kier alpha value is -2.44. The molecule has 2 aromatic rings. The van der Waals surface area contributed by atoms with Gasteiger partial charge in [-0.3, -0.25) is 0 Å². The third kappa shape index (κ3) is 2.24. The van der Waals surface area contributed by atoms with E-state index in [-0.39, 0.29) is 28.6 Å². The molecule has 0 saturated heterocycles. The monoisotopic (exact) mass is 290 g/mol. The number of rotatable bonds is 1. The molecule has 6 heteroatoms. The van der Waals surface area contributed by atoms with Gasteiger partial charge in [0.25, 0.3) is 0 Å². The van der Waals surface area contributed by atoms with Gasteiger partial charge in [0.1, 0.15) is 35.2 Å². The molecule has 1 aliphatic rings. The Morgan fingerprint density at radius 2 is 1.52 bits per heavy atom. The first-order valence-electron chi connectivity index (χ1n) is 6.35. The van der Waals surface area contributed by atoms with Gasteiger partial charge in [0, 0.05) is 12.1 Å². The third-order valence-corrected chi connectivity index (χ3v) is 3.51. The summed E-state index contributed by atoms with van der Waals surface area (Å²) in [5.74, 6) is -0.385. The first-order valence-corrected chi connectivity index (χ1v) is 6.35. The van der Waals surface area contributed by atoms with Gasteiger partial charge in [-0.2, -0.15) is 0 Å². The quantitative estimate of drug-likeness (QED) is 0.542. The van der Waals surface area contributed by atoms with Crippen molar-refractivity contribution in [1.29, 1.82) is 0 Å². The van der Waals surface area contributed by atoms with Gasteiger partial charge < -0.3 is 30.3 Å². The van der Waals surface area contributed by atoms with Crippen molar-refractivity contribution in [1.82, 2.24) is 0 Å². The number of hydrogen-bond donors (Lipinski definition) is 5. The molecule has 3 rings (SSSR count). The predicted octanol–water partition coefficient (Wildman–Crippen LogP) is 1.33. The minimum absolute atomic E-state index is 0.0373. The lowest BCUT2D eigenvalue weighted by Gasteiger charge is -2.34. The summed E-state index contributed by atoms with van der Waals surface area (Å²) >= 11 is 0. The van der Waals surface area contributed by atoms with Crippen molar-refractivity contribution in [2.75, 3.05) is 0 Å². The minimum Gasteiger partial charge on any atom is -0.508 e. The molecule has 2 aromatic carbocycles. The van der Waals surface area contributed by atoms with Gasteiger partial charge >= 0.3 is 0 Å². The van der Waals surface area contributed by atoms with Gasteiger partial charge in [0.05, 0.1) is 5.56 Å². The highest BCUT2D eigenvalue weighted by atomic mass is 16.5. The average Bonchev–Trinajstić information content (AvgIpc) is 2.43. The van der Waals surface area contributed by atoms with Crippen molar-refractivity contribution in [2.45, 2.75) is 18.3 Å². The zero-order valence-corrected chi connectivity index (χ0v) is 10.8. The zero-order valence-electron chi connectivity index (χ0n) is 10.8. The van der Waals surface area contributed by atoms with Gasteiger partial charge in [-0.15, -0.1) is 0 Å². The van der Waals surface area contributed by atoms with Crippen LogP contribution in [0.15, 0.2) is 36.4 Å². The molecule has 0 saturated carbocycles. The molecule has 3 atom stereocenters. The van der Waals surface area contributed by atoms with Crippen molar-refractivity contribution in [2.24, 2.45) is 0 Å². The topological polar surface area (TPSA) is 110 Å². The van der Waals surface area contributed by atoms with Crippen LogP contribution in [0.1, 0.15) is 23.3 Å². The normalized spacial score (nSPS) is 24.2. The summed E-state index contributed by atoms with van der Waals surface area (Å²) in [7, 11) is 0. The highest BCUT2D eigenvalue weighted by molar-refractivity contribution is 5.52. The second-order valence-corrected chi connectivity index (χ2v) is 4.94. The maximum absolute atomic E-state index is 10.2. The lowest BCUT2D eigenvalue weighted by molar-refractivity contribution is -0.0710. The van der Waals surface area contributed by atoms with E-state index in [0.29, 0.717) is 5.56 Å². The van der Waals surface area contributed by atoms with E-state index in [1.54, 1.807) is 12.1 Å². The maximum Gasteiger partial charge on any atom is 0.152 e. The number of phenols is 3. The Labute approximate surface area is 120 Å². The van der Waals surface area contributed by atoms with Crippen molar-refractivity contribution >= 4 is 0 Å². The van der Waals surface area contributed by atoms with Crippen molar-refractivity contribution in [3.8, 4) is 23.0 Å². The van der Waals surface area contributed by atoms with Gasteiger partial charge in [-0.1, -0.05) is 12.1 Å². The van der Waals surface area contributed by atoms with Crippen LogP contribution in [0.2, 0.25) is 0 Å². The summed E-state index contributed by atoms with van der Waals surface area (Å²) in [5.41, 5.74) is 0.586. The number of phenolic OH excluding ortho intramolecular Hbond substituents is 3. The fourth-order valence-electron chi connectivity index (χ4n) is 2.46. The number of aliphatic hydroxyl groups is 2. The molecule has 0 unspecified atom stereocenters. The highest BCUT2D eigenvalue weighted by Crippen LogP contribution is 2.46. The van der Waals surface area contributed by atoms with E-state index >= 15 is 0 Å². The fourth-order valence-corrected chi connectivity index (χ4v) is 2.46. The molecule has 1 heterocycles. The van der Waals surface area contributed by atoms with Crippen molar-refractivity contribution in [3.63, 3.8) is 0 Å². The van der Waals surface area contributed by atoms with Crippen LogP contribution in [0.4, 0.5) is 0 Å². The van der Waals surface area contributed by atoms with E-state index in [4.69, 9.17) is 4.74 Å². The summed E-state index contributed by atoms with van der Waals surface area (Å²) < 4.78 is 5.59. The molecular weight excluding hydrogens is 276 g/mol. The second-order valence-electron chi connectivity index (χ2n) is 4.94. The lowest BCUT2D eigenvalue weighted by Crippen LogP contribution is -2.34. The largest absolute Gasteiger partial charge is 0.508 e. The van der Waals surface area contributed by atoms with Gasteiger partial charge in [-0.05, 0) is 17.7 Å². The Balaban J connectivity index is 2.04. The first-order chi connectivity index (χ1) is 9.97. The van der Waals surface area contributed by atoms with Gasteiger partial charge in [-0.25, -0.2) is 0 Å². The van der Waals surface area contributed by atoms with Crippen LogP contribution < -0.4 is 4.74 Å². The van der Waals surface area contributed by atoms with Crippen LogP contribution in [-0.4, -0.2) is 31.6 Å². The molecule has 21 heavy (non-hydrogen) atoms. The zero-order chi connectivity index (χ0) is 15.1. The summed E-state index contributed by atoms with van der Waals surface area (Å²) in [6.07, 6.45) is -3.53. The smallest absolute Gasteiger partial charge is 0.152 e. The molecule has 0 aromatic heterocycles. The molecule has 1 aliphatic heterocycles. The predicted molar refractivity (Wildman–Crippen MR) is 72.2 cm³/mol. The number of ether oxygens (including phenoxy) is 1. The summed E-state index contributed by atoms with van der Waals surface area (Å²) in [6.45, 7) is 0. The number of fused-ring (bicyclic) bond motifs is 1. The molecular formula is C15H14O6. The average molecular weight is 290 g/mol. The standard InChI is InChI=1S/C15H14O6/c16-8-3-1-7(2-4-8)15-14(20)13(19)12-10(18)5-9(17)6-11(12)21-15/h1-6,13-20H/t13-,14-,15+/m0/s1.